The topological polar surface area (TPSA) is 75.3 Å². The van der Waals surface area contributed by atoms with E-state index >= 15 is 0 Å². The Kier molecular flexibility index (Phi) is 3.20. The van der Waals surface area contributed by atoms with Crippen molar-refractivity contribution in [3.63, 3.8) is 0 Å². The van der Waals surface area contributed by atoms with Crippen LogP contribution in [0.25, 0.3) is 5.69 Å². The first-order valence-corrected chi connectivity index (χ1v) is 5.16. The van der Waals surface area contributed by atoms with E-state index in [1.165, 1.54) is 0 Å². The van der Waals surface area contributed by atoms with E-state index in [1.54, 1.807) is 17.1 Å². The Balaban J connectivity index is 2.14. The molecule has 0 radical (unpaired) electrons. The van der Waals surface area contributed by atoms with Gasteiger partial charge in [0.2, 0.25) is 0 Å². The first-order chi connectivity index (χ1) is 8.16. The van der Waals surface area contributed by atoms with Crippen molar-refractivity contribution in [1.82, 2.24) is 9.78 Å². The molecule has 5 nitrogen and oxygen atoms in total. The van der Waals surface area contributed by atoms with Gasteiger partial charge in [0.25, 0.3) is 0 Å². The lowest BCUT2D eigenvalue weighted by Crippen LogP contribution is -2.21. The van der Waals surface area contributed by atoms with Crippen molar-refractivity contribution < 1.29 is 15.0 Å². The molecule has 1 atom stereocenters. The quantitative estimate of drug-likeness (QED) is 0.819. The molecule has 17 heavy (non-hydrogen) atoms. The molecule has 0 aliphatic heterocycles. The summed E-state index contributed by atoms with van der Waals surface area (Å²) in [6.45, 7) is 0. The molecule has 0 spiro atoms. The second-order valence-electron chi connectivity index (χ2n) is 3.69. The van der Waals surface area contributed by atoms with Crippen LogP contribution in [-0.4, -0.2) is 32.1 Å². The molecule has 0 aliphatic rings. The lowest BCUT2D eigenvalue weighted by Gasteiger charge is -2.02. The first kappa shape index (κ1) is 11.3. The molecule has 1 aromatic carbocycles. The number of aliphatic carboxylic acids is 1. The largest absolute Gasteiger partial charge is 0.479 e. The highest BCUT2D eigenvalue weighted by Gasteiger charge is 2.14. The number of hydrogen-bond acceptors (Lipinski definition) is 3. The van der Waals surface area contributed by atoms with Crippen LogP contribution < -0.4 is 0 Å². The van der Waals surface area contributed by atoms with Crippen LogP contribution in [-0.2, 0) is 11.2 Å². The normalized spacial score (nSPS) is 12.3. The molecule has 5 heteroatoms. The molecule has 0 saturated carbocycles. The van der Waals surface area contributed by atoms with E-state index in [2.05, 4.69) is 5.10 Å². The second-order valence-corrected chi connectivity index (χ2v) is 3.69. The molecule has 1 heterocycles. The minimum Gasteiger partial charge on any atom is -0.479 e. The number of rotatable bonds is 4. The summed E-state index contributed by atoms with van der Waals surface area (Å²) in [6.07, 6.45) is 1.94. The van der Waals surface area contributed by atoms with Crippen molar-refractivity contribution in [1.29, 1.82) is 0 Å². The minimum atomic E-state index is -1.39. The number of aromatic nitrogens is 2. The summed E-state index contributed by atoms with van der Waals surface area (Å²) >= 11 is 0. The van der Waals surface area contributed by atoms with Gasteiger partial charge >= 0.3 is 5.97 Å². The summed E-state index contributed by atoms with van der Waals surface area (Å²) in [4.78, 5) is 10.5. The second kappa shape index (κ2) is 4.80. The van der Waals surface area contributed by atoms with Gasteiger partial charge in [0.05, 0.1) is 11.9 Å². The zero-order chi connectivity index (χ0) is 12.3. The predicted octanol–water partition coefficient (Wildman–Crippen LogP) is 0.860. The maximum Gasteiger partial charge on any atom is 0.332 e. The molecule has 0 bridgehead atoms. The van der Waals surface area contributed by atoms with Crippen molar-refractivity contribution in [3.8, 4) is 5.69 Å². The number of carbonyl (C=O) groups is 1. The predicted molar refractivity (Wildman–Crippen MR) is 60.9 cm³/mol. The van der Waals surface area contributed by atoms with Crippen LogP contribution in [0.5, 0.6) is 0 Å². The molecular weight excluding hydrogens is 220 g/mol. The molecule has 1 aromatic heterocycles. The molecule has 0 amide bonds. The summed E-state index contributed by atoms with van der Waals surface area (Å²) in [7, 11) is 0. The lowest BCUT2D eigenvalue weighted by atomic mass is 10.1. The Bertz CT molecular complexity index is 507. The van der Waals surface area contributed by atoms with Crippen LogP contribution in [0.4, 0.5) is 0 Å². The van der Waals surface area contributed by atoms with Gasteiger partial charge in [0.1, 0.15) is 0 Å². The van der Waals surface area contributed by atoms with E-state index in [0.717, 1.165) is 5.69 Å². The Morgan fingerprint density at radius 2 is 2.06 bits per heavy atom. The molecular formula is C12H12N2O3. The number of para-hydroxylation sites is 1. The fourth-order valence-corrected chi connectivity index (χ4v) is 1.50. The molecule has 2 rings (SSSR count). The third-order valence-electron chi connectivity index (χ3n) is 2.37. The van der Waals surface area contributed by atoms with E-state index in [9.17, 15) is 9.90 Å². The Labute approximate surface area is 97.9 Å². The Morgan fingerprint density at radius 1 is 1.35 bits per heavy atom. The van der Waals surface area contributed by atoms with Crippen LogP contribution in [0.2, 0.25) is 0 Å². The van der Waals surface area contributed by atoms with Gasteiger partial charge in [-0.1, -0.05) is 18.2 Å². The van der Waals surface area contributed by atoms with Gasteiger partial charge in [-0.3, -0.25) is 0 Å². The zero-order valence-electron chi connectivity index (χ0n) is 9.02. The number of carboxylic acids is 1. The van der Waals surface area contributed by atoms with Crippen molar-refractivity contribution in [3.05, 3.63) is 48.3 Å². The summed E-state index contributed by atoms with van der Waals surface area (Å²) in [5.74, 6) is -1.22. The maximum absolute atomic E-state index is 10.5. The average Bonchev–Trinajstić information content (AvgIpc) is 2.78. The van der Waals surface area contributed by atoms with E-state index in [4.69, 9.17) is 5.11 Å². The van der Waals surface area contributed by atoms with Crippen molar-refractivity contribution in [2.24, 2.45) is 0 Å². The smallest absolute Gasteiger partial charge is 0.332 e. The third kappa shape index (κ3) is 2.70. The summed E-state index contributed by atoms with van der Waals surface area (Å²) < 4.78 is 1.64. The van der Waals surface area contributed by atoms with Crippen molar-refractivity contribution in [2.75, 3.05) is 0 Å². The van der Waals surface area contributed by atoms with Crippen LogP contribution in [0.3, 0.4) is 0 Å². The average molecular weight is 232 g/mol. The number of aliphatic hydroxyl groups excluding tert-OH is 1. The third-order valence-corrected chi connectivity index (χ3v) is 2.37. The van der Waals surface area contributed by atoms with Gasteiger partial charge in [-0.15, -0.1) is 0 Å². The highest BCUT2D eigenvalue weighted by Crippen LogP contribution is 2.09. The van der Waals surface area contributed by atoms with Crippen molar-refractivity contribution >= 4 is 5.97 Å². The number of carboxylic acid groups (broad SMARTS) is 1. The van der Waals surface area contributed by atoms with E-state index < -0.39 is 12.1 Å². The SMILES string of the molecule is O=C(O)C(O)Cc1cnn(-c2ccccc2)c1. The van der Waals surface area contributed by atoms with E-state index in [1.807, 2.05) is 30.3 Å². The number of hydrogen-bond donors (Lipinski definition) is 2. The summed E-state index contributed by atoms with van der Waals surface area (Å²) in [6, 6.07) is 9.47. The molecule has 0 aliphatic carbocycles. The van der Waals surface area contributed by atoms with Gasteiger partial charge in [-0.2, -0.15) is 5.10 Å². The first-order valence-electron chi connectivity index (χ1n) is 5.16. The molecule has 2 aromatic rings. The summed E-state index contributed by atoms with van der Waals surface area (Å²) in [5.41, 5.74) is 1.58. The molecule has 88 valence electrons. The fourth-order valence-electron chi connectivity index (χ4n) is 1.50. The lowest BCUT2D eigenvalue weighted by molar-refractivity contribution is -0.146. The van der Waals surface area contributed by atoms with E-state index in [0.29, 0.717) is 5.56 Å². The number of benzene rings is 1. The highest BCUT2D eigenvalue weighted by atomic mass is 16.4. The zero-order valence-corrected chi connectivity index (χ0v) is 9.02. The molecule has 2 N–H and O–H groups in total. The Morgan fingerprint density at radius 3 is 2.71 bits per heavy atom. The fraction of sp³-hybridized carbons (Fsp3) is 0.167. The van der Waals surface area contributed by atoms with Gasteiger partial charge < -0.3 is 10.2 Å². The van der Waals surface area contributed by atoms with Gasteiger partial charge in [-0.05, 0) is 17.7 Å². The van der Waals surface area contributed by atoms with Crippen LogP contribution in [0, 0.1) is 0 Å². The van der Waals surface area contributed by atoms with Gasteiger partial charge in [0, 0.05) is 12.6 Å². The monoisotopic (exact) mass is 232 g/mol. The summed E-state index contributed by atoms with van der Waals surface area (Å²) in [5, 5.41) is 21.9. The number of nitrogens with zero attached hydrogens (tertiary/aromatic N) is 2. The standard InChI is InChI=1S/C12H12N2O3/c15-11(12(16)17)6-9-7-13-14(8-9)10-4-2-1-3-5-10/h1-5,7-8,11,15H,6H2,(H,16,17). The van der Waals surface area contributed by atoms with E-state index in [-0.39, 0.29) is 6.42 Å². The minimum absolute atomic E-state index is 0.0577. The molecule has 0 fully saturated rings. The van der Waals surface area contributed by atoms with Gasteiger partial charge in [-0.25, -0.2) is 9.48 Å². The molecule has 0 saturated heterocycles. The molecule has 1 unspecified atom stereocenters. The van der Waals surface area contributed by atoms with Gasteiger partial charge in [0.15, 0.2) is 6.10 Å². The highest BCUT2D eigenvalue weighted by molar-refractivity contribution is 5.72. The van der Waals surface area contributed by atoms with Crippen molar-refractivity contribution in [2.45, 2.75) is 12.5 Å². The Hall–Kier alpha value is -2.14. The van der Waals surface area contributed by atoms with Crippen LogP contribution in [0.1, 0.15) is 5.56 Å². The van der Waals surface area contributed by atoms with Crippen LogP contribution >= 0.6 is 0 Å². The maximum atomic E-state index is 10.5. The number of aliphatic hydroxyl groups is 1. The van der Waals surface area contributed by atoms with Crippen LogP contribution in [0.15, 0.2) is 42.7 Å².